The van der Waals surface area contributed by atoms with Crippen molar-refractivity contribution in [3.63, 3.8) is 0 Å². The highest BCUT2D eigenvalue weighted by Gasteiger charge is 2.18. The van der Waals surface area contributed by atoms with Crippen molar-refractivity contribution < 1.29 is 0 Å². The molecule has 0 bridgehead atoms. The molecular formula is C12H12Br2N2S. The van der Waals surface area contributed by atoms with Crippen LogP contribution in [0.4, 0.5) is 0 Å². The number of nitrogens with one attached hydrogen (secondary N) is 1. The van der Waals surface area contributed by atoms with Crippen molar-refractivity contribution in [1.82, 2.24) is 5.43 Å². The van der Waals surface area contributed by atoms with Gasteiger partial charge in [-0.2, -0.15) is 0 Å². The first-order valence-corrected chi connectivity index (χ1v) is 7.55. The Balaban J connectivity index is 2.46. The van der Waals surface area contributed by atoms with Gasteiger partial charge in [0.1, 0.15) is 0 Å². The third kappa shape index (κ3) is 2.80. The van der Waals surface area contributed by atoms with Gasteiger partial charge in [0.25, 0.3) is 0 Å². The van der Waals surface area contributed by atoms with Crippen molar-refractivity contribution in [2.45, 2.75) is 13.0 Å². The summed E-state index contributed by atoms with van der Waals surface area (Å²) in [6.45, 7) is 2.10. The molecule has 5 heteroatoms. The number of hydrazine groups is 1. The van der Waals surface area contributed by atoms with Crippen LogP contribution in [-0.4, -0.2) is 0 Å². The highest BCUT2D eigenvalue weighted by atomic mass is 79.9. The number of nitrogens with two attached hydrogens (primary N) is 1. The van der Waals surface area contributed by atoms with E-state index in [2.05, 4.69) is 61.7 Å². The van der Waals surface area contributed by atoms with Crippen molar-refractivity contribution in [2.24, 2.45) is 5.84 Å². The molecule has 0 fully saturated rings. The third-order valence-corrected chi connectivity index (χ3v) is 4.87. The number of benzene rings is 1. The maximum Gasteiger partial charge on any atom is 0.0816 e. The Hall–Kier alpha value is -0.200. The van der Waals surface area contributed by atoms with E-state index in [0.29, 0.717) is 0 Å². The van der Waals surface area contributed by atoms with E-state index in [1.165, 1.54) is 10.4 Å². The monoisotopic (exact) mass is 374 g/mol. The Morgan fingerprint density at radius 3 is 2.59 bits per heavy atom. The minimum Gasteiger partial charge on any atom is -0.271 e. The van der Waals surface area contributed by atoms with Crippen LogP contribution in [0.2, 0.25) is 0 Å². The van der Waals surface area contributed by atoms with Crippen molar-refractivity contribution in [3.8, 4) is 0 Å². The molecule has 1 aromatic carbocycles. The molecule has 1 unspecified atom stereocenters. The molecule has 17 heavy (non-hydrogen) atoms. The number of thiophene rings is 1. The van der Waals surface area contributed by atoms with Crippen molar-refractivity contribution in [1.29, 1.82) is 0 Å². The lowest BCUT2D eigenvalue weighted by Crippen LogP contribution is -2.28. The maximum absolute atomic E-state index is 5.70. The van der Waals surface area contributed by atoms with Crippen LogP contribution in [0.1, 0.15) is 22.0 Å². The molecule has 3 N–H and O–H groups in total. The number of aryl methyl sites for hydroxylation is 1. The molecule has 2 rings (SSSR count). The summed E-state index contributed by atoms with van der Waals surface area (Å²) in [5.74, 6) is 5.70. The molecule has 0 saturated heterocycles. The fourth-order valence-corrected chi connectivity index (χ4v) is 4.00. The van der Waals surface area contributed by atoms with Crippen LogP contribution in [0.3, 0.4) is 0 Å². The molecule has 0 radical (unpaired) electrons. The lowest BCUT2D eigenvalue weighted by molar-refractivity contribution is 0.641. The van der Waals surface area contributed by atoms with Crippen molar-refractivity contribution in [3.05, 3.63) is 54.6 Å². The Morgan fingerprint density at radius 1 is 1.29 bits per heavy atom. The van der Waals surface area contributed by atoms with Gasteiger partial charge in [0.15, 0.2) is 0 Å². The standard InChI is InChI=1S/C12H12Br2N2S/c1-7-4-5-17-12(7)11(16-15)9-3-2-8(13)6-10(9)14/h2-6,11,16H,15H2,1H3. The van der Waals surface area contributed by atoms with Crippen LogP contribution in [0.15, 0.2) is 38.6 Å². The zero-order chi connectivity index (χ0) is 12.4. The van der Waals surface area contributed by atoms with Gasteiger partial charge < -0.3 is 0 Å². The molecule has 0 saturated carbocycles. The Kier molecular flexibility index (Phi) is 4.38. The molecule has 0 aliphatic heterocycles. The van der Waals surface area contributed by atoms with Crippen molar-refractivity contribution in [2.75, 3.05) is 0 Å². The van der Waals surface area contributed by atoms with Crippen LogP contribution in [0, 0.1) is 6.92 Å². The molecule has 0 aliphatic rings. The first-order valence-electron chi connectivity index (χ1n) is 5.08. The highest BCUT2D eigenvalue weighted by molar-refractivity contribution is 9.11. The summed E-state index contributed by atoms with van der Waals surface area (Å²) >= 11 is 8.74. The molecule has 1 heterocycles. The largest absolute Gasteiger partial charge is 0.271 e. The van der Waals surface area contributed by atoms with Crippen LogP contribution < -0.4 is 11.3 Å². The Morgan fingerprint density at radius 2 is 2.06 bits per heavy atom. The number of halogens is 2. The summed E-state index contributed by atoms with van der Waals surface area (Å²) in [5, 5.41) is 2.09. The molecular weight excluding hydrogens is 364 g/mol. The van der Waals surface area contributed by atoms with Crippen LogP contribution >= 0.6 is 43.2 Å². The fraction of sp³-hybridized carbons (Fsp3) is 0.167. The van der Waals surface area contributed by atoms with E-state index in [1.807, 2.05) is 12.1 Å². The normalized spacial score (nSPS) is 12.7. The van der Waals surface area contributed by atoms with E-state index >= 15 is 0 Å². The first kappa shape index (κ1) is 13.2. The van der Waals surface area contributed by atoms with Crippen LogP contribution in [0.5, 0.6) is 0 Å². The lowest BCUT2D eigenvalue weighted by Gasteiger charge is -2.17. The molecule has 2 aromatic rings. The topological polar surface area (TPSA) is 38.0 Å². The van der Waals surface area contributed by atoms with Gasteiger partial charge in [-0.15, -0.1) is 11.3 Å². The van der Waals surface area contributed by atoms with Gasteiger partial charge in [0, 0.05) is 13.8 Å². The van der Waals surface area contributed by atoms with E-state index in [9.17, 15) is 0 Å². The SMILES string of the molecule is Cc1ccsc1C(NN)c1ccc(Br)cc1Br. The number of rotatable bonds is 3. The van der Waals surface area contributed by atoms with E-state index < -0.39 is 0 Å². The summed E-state index contributed by atoms with van der Waals surface area (Å²) in [7, 11) is 0. The van der Waals surface area contributed by atoms with Gasteiger partial charge in [0.2, 0.25) is 0 Å². The predicted octanol–water partition coefficient (Wildman–Crippen LogP) is 4.13. The van der Waals surface area contributed by atoms with Crippen LogP contribution in [0.25, 0.3) is 0 Å². The maximum atomic E-state index is 5.70. The minimum atomic E-state index is 0.0254. The minimum absolute atomic E-state index is 0.0254. The zero-order valence-electron chi connectivity index (χ0n) is 9.21. The second kappa shape index (κ2) is 5.63. The summed E-state index contributed by atoms with van der Waals surface area (Å²) in [6.07, 6.45) is 0. The van der Waals surface area contributed by atoms with E-state index in [-0.39, 0.29) is 6.04 Å². The van der Waals surface area contributed by atoms with Crippen molar-refractivity contribution >= 4 is 43.2 Å². The number of hydrogen-bond donors (Lipinski definition) is 2. The smallest absolute Gasteiger partial charge is 0.0816 e. The summed E-state index contributed by atoms with van der Waals surface area (Å²) < 4.78 is 2.09. The fourth-order valence-electron chi connectivity index (χ4n) is 1.72. The summed E-state index contributed by atoms with van der Waals surface area (Å²) in [6, 6.07) is 8.25. The van der Waals surface area contributed by atoms with E-state index in [4.69, 9.17) is 5.84 Å². The molecule has 1 aromatic heterocycles. The molecule has 0 spiro atoms. The second-order valence-corrected chi connectivity index (χ2v) is 6.45. The third-order valence-electron chi connectivity index (χ3n) is 2.60. The predicted molar refractivity (Wildman–Crippen MR) is 80.1 cm³/mol. The van der Waals surface area contributed by atoms with E-state index in [0.717, 1.165) is 14.5 Å². The van der Waals surface area contributed by atoms with Gasteiger partial charge in [-0.3, -0.25) is 5.84 Å². The molecule has 90 valence electrons. The van der Waals surface area contributed by atoms with Gasteiger partial charge in [-0.25, -0.2) is 5.43 Å². The number of hydrogen-bond acceptors (Lipinski definition) is 3. The summed E-state index contributed by atoms with van der Waals surface area (Å²) in [5.41, 5.74) is 5.28. The molecule has 2 nitrogen and oxygen atoms in total. The van der Waals surface area contributed by atoms with Gasteiger partial charge in [0.05, 0.1) is 6.04 Å². The molecule has 1 atom stereocenters. The highest BCUT2D eigenvalue weighted by Crippen LogP contribution is 2.34. The van der Waals surface area contributed by atoms with Gasteiger partial charge >= 0.3 is 0 Å². The average molecular weight is 376 g/mol. The van der Waals surface area contributed by atoms with E-state index in [1.54, 1.807) is 11.3 Å². The first-order chi connectivity index (χ1) is 8.13. The van der Waals surface area contributed by atoms with Crippen LogP contribution in [-0.2, 0) is 0 Å². The lowest BCUT2D eigenvalue weighted by atomic mass is 10.0. The quantitative estimate of drug-likeness (QED) is 0.625. The molecule has 0 amide bonds. The Bertz CT molecular complexity index is 525. The second-order valence-electron chi connectivity index (χ2n) is 3.73. The molecule has 0 aliphatic carbocycles. The van der Waals surface area contributed by atoms with Gasteiger partial charge in [-0.05, 0) is 41.6 Å². The zero-order valence-corrected chi connectivity index (χ0v) is 13.2. The Labute approximate surface area is 121 Å². The average Bonchev–Trinajstić information content (AvgIpc) is 2.69. The summed E-state index contributed by atoms with van der Waals surface area (Å²) in [4.78, 5) is 1.25. The van der Waals surface area contributed by atoms with Gasteiger partial charge in [-0.1, -0.05) is 37.9 Å².